The van der Waals surface area contributed by atoms with Crippen LogP contribution in [0.1, 0.15) is 34.9 Å². The summed E-state index contributed by atoms with van der Waals surface area (Å²) in [6, 6.07) is 3.42. The SMILES string of the molecule is Cc1cc([C@H](O)CO)cnc1C1=CCN(C(=O)Nc2ccc(C(F)(F)F)c(F)c2)CC1. The molecule has 1 aromatic carbocycles. The lowest BCUT2D eigenvalue weighted by Gasteiger charge is -2.27. The van der Waals surface area contributed by atoms with Crippen LogP contribution in [0.15, 0.2) is 36.5 Å². The standard InChI is InChI=1S/C21H21F4N3O3/c1-12-8-14(18(30)11-29)10-26-19(12)13-4-6-28(7-5-13)20(31)27-15-2-3-16(17(22)9-15)21(23,24)25/h2-4,8-10,18,29-30H,5-7,11H2,1H3,(H,27,31)/t18-/m1/s1. The molecular formula is C21H21F4N3O3. The highest BCUT2D eigenvalue weighted by atomic mass is 19.4. The molecule has 1 aromatic heterocycles. The number of hydrogen-bond donors (Lipinski definition) is 3. The van der Waals surface area contributed by atoms with Gasteiger partial charge in [0.05, 0.1) is 17.9 Å². The maximum Gasteiger partial charge on any atom is 0.419 e. The zero-order valence-electron chi connectivity index (χ0n) is 16.6. The van der Waals surface area contributed by atoms with E-state index in [0.717, 1.165) is 22.9 Å². The van der Waals surface area contributed by atoms with Crippen LogP contribution in [0.25, 0.3) is 5.57 Å². The second-order valence-corrected chi connectivity index (χ2v) is 7.18. The molecule has 2 heterocycles. The maximum atomic E-state index is 13.7. The summed E-state index contributed by atoms with van der Waals surface area (Å²) in [5, 5.41) is 21.2. The fourth-order valence-electron chi connectivity index (χ4n) is 3.31. The van der Waals surface area contributed by atoms with Crippen LogP contribution in [0.5, 0.6) is 0 Å². The minimum atomic E-state index is -4.80. The molecule has 1 aliphatic rings. The van der Waals surface area contributed by atoms with Crippen LogP contribution in [0, 0.1) is 12.7 Å². The van der Waals surface area contributed by atoms with Gasteiger partial charge in [0, 0.05) is 30.5 Å². The summed E-state index contributed by atoms with van der Waals surface area (Å²) >= 11 is 0. The van der Waals surface area contributed by atoms with E-state index in [1.807, 2.05) is 13.0 Å². The first-order valence-electron chi connectivity index (χ1n) is 9.47. The molecule has 31 heavy (non-hydrogen) atoms. The molecule has 2 amide bonds. The normalized spacial score (nSPS) is 15.5. The van der Waals surface area contributed by atoms with Crippen LogP contribution in [0.3, 0.4) is 0 Å². The molecule has 2 aromatic rings. The van der Waals surface area contributed by atoms with Crippen molar-refractivity contribution in [2.24, 2.45) is 0 Å². The largest absolute Gasteiger partial charge is 0.419 e. The number of alkyl halides is 3. The number of aliphatic hydroxyl groups excluding tert-OH is 2. The van der Waals surface area contributed by atoms with Gasteiger partial charge in [-0.15, -0.1) is 0 Å². The van der Waals surface area contributed by atoms with Gasteiger partial charge in [-0.3, -0.25) is 4.98 Å². The van der Waals surface area contributed by atoms with Crippen molar-refractivity contribution in [2.45, 2.75) is 25.6 Å². The van der Waals surface area contributed by atoms with Crippen molar-refractivity contribution in [2.75, 3.05) is 25.0 Å². The summed E-state index contributed by atoms with van der Waals surface area (Å²) in [6.07, 6.45) is -2.02. The van der Waals surface area contributed by atoms with Crippen molar-refractivity contribution < 1.29 is 32.6 Å². The zero-order chi connectivity index (χ0) is 22.8. The summed E-state index contributed by atoms with van der Waals surface area (Å²) in [7, 11) is 0. The van der Waals surface area contributed by atoms with Crippen molar-refractivity contribution in [1.82, 2.24) is 9.88 Å². The number of carbonyl (C=O) groups excluding carboxylic acids is 1. The topological polar surface area (TPSA) is 85.7 Å². The number of halogens is 4. The summed E-state index contributed by atoms with van der Waals surface area (Å²) in [6.45, 7) is 2.00. The molecule has 0 bridgehead atoms. The van der Waals surface area contributed by atoms with Crippen molar-refractivity contribution in [1.29, 1.82) is 0 Å². The molecule has 10 heteroatoms. The fraction of sp³-hybridized carbons (Fsp3) is 0.333. The van der Waals surface area contributed by atoms with E-state index in [1.165, 1.54) is 11.1 Å². The number of nitrogens with zero attached hydrogens (tertiary/aromatic N) is 2. The molecule has 0 radical (unpaired) electrons. The van der Waals surface area contributed by atoms with Gasteiger partial charge in [-0.25, -0.2) is 9.18 Å². The van der Waals surface area contributed by atoms with Gasteiger partial charge in [-0.05, 0) is 48.7 Å². The number of amides is 2. The van der Waals surface area contributed by atoms with Crippen LogP contribution in [0.4, 0.5) is 28.0 Å². The van der Waals surface area contributed by atoms with Gasteiger partial charge in [0.1, 0.15) is 11.9 Å². The van der Waals surface area contributed by atoms with Gasteiger partial charge >= 0.3 is 12.2 Å². The highest BCUT2D eigenvalue weighted by Gasteiger charge is 2.34. The van der Waals surface area contributed by atoms with Gasteiger partial charge in [-0.1, -0.05) is 6.08 Å². The molecule has 0 unspecified atom stereocenters. The number of pyridine rings is 1. The van der Waals surface area contributed by atoms with Crippen molar-refractivity contribution in [3.63, 3.8) is 0 Å². The Morgan fingerprint density at radius 3 is 2.61 bits per heavy atom. The van der Waals surface area contributed by atoms with E-state index in [2.05, 4.69) is 10.3 Å². The zero-order valence-corrected chi connectivity index (χ0v) is 16.6. The van der Waals surface area contributed by atoms with Gasteiger partial charge in [0.15, 0.2) is 0 Å². The number of hydrogen-bond acceptors (Lipinski definition) is 4. The second-order valence-electron chi connectivity index (χ2n) is 7.18. The lowest BCUT2D eigenvalue weighted by atomic mass is 9.99. The highest BCUT2D eigenvalue weighted by Crippen LogP contribution is 2.32. The Hall–Kier alpha value is -2.98. The third-order valence-corrected chi connectivity index (χ3v) is 4.98. The molecule has 0 aliphatic carbocycles. The Morgan fingerprint density at radius 2 is 2.06 bits per heavy atom. The van der Waals surface area contributed by atoms with E-state index in [0.29, 0.717) is 30.7 Å². The number of aliphatic hydroxyl groups is 2. The number of anilines is 1. The second kappa shape index (κ2) is 9.03. The molecule has 0 saturated heterocycles. The summed E-state index contributed by atoms with van der Waals surface area (Å²) in [5.41, 5.74) is 1.49. The minimum absolute atomic E-state index is 0.0687. The number of rotatable bonds is 4. The number of urea groups is 1. The number of carbonyl (C=O) groups is 1. The number of nitrogens with one attached hydrogen (secondary N) is 1. The van der Waals surface area contributed by atoms with Gasteiger partial charge < -0.3 is 20.4 Å². The van der Waals surface area contributed by atoms with E-state index < -0.39 is 36.3 Å². The van der Waals surface area contributed by atoms with Crippen LogP contribution >= 0.6 is 0 Å². The lowest BCUT2D eigenvalue weighted by Crippen LogP contribution is -2.38. The van der Waals surface area contributed by atoms with Crippen molar-refractivity contribution in [3.05, 3.63) is 64.7 Å². The number of aryl methyl sites for hydroxylation is 1. The monoisotopic (exact) mass is 439 g/mol. The first kappa shape index (κ1) is 22.7. The van der Waals surface area contributed by atoms with Crippen LogP contribution < -0.4 is 5.32 Å². The molecule has 166 valence electrons. The van der Waals surface area contributed by atoms with E-state index in [9.17, 15) is 27.5 Å². The smallest absolute Gasteiger partial charge is 0.393 e. The predicted octanol–water partition coefficient (Wildman–Crippen LogP) is 3.89. The number of benzene rings is 1. The Labute approximate surface area is 175 Å². The van der Waals surface area contributed by atoms with Crippen molar-refractivity contribution >= 4 is 17.3 Å². The first-order valence-corrected chi connectivity index (χ1v) is 9.47. The summed E-state index contributed by atoms with van der Waals surface area (Å²) in [5.74, 6) is -1.46. The van der Waals surface area contributed by atoms with Gasteiger partial charge in [0.2, 0.25) is 0 Å². The summed E-state index contributed by atoms with van der Waals surface area (Å²) in [4.78, 5) is 18.2. The lowest BCUT2D eigenvalue weighted by molar-refractivity contribution is -0.139. The third-order valence-electron chi connectivity index (χ3n) is 4.98. The van der Waals surface area contributed by atoms with Gasteiger partial charge in [0.25, 0.3) is 0 Å². The quantitative estimate of drug-likeness (QED) is 0.631. The molecule has 1 atom stereocenters. The Morgan fingerprint density at radius 1 is 1.32 bits per heavy atom. The van der Waals surface area contributed by atoms with E-state index >= 15 is 0 Å². The molecular weight excluding hydrogens is 418 g/mol. The van der Waals surface area contributed by atoms with E-state index in [4.69, 9.17) is 5.11 Å². The molecule has 0 saturated carbocycles. The van der Waals surface area contributed by atoms with Crippen molar-refractivity contribution in [3.8, 4) is 0 Å². The molecule has 6 nitrogen and oxygen atoms in total. The average Bonchev–Trinajstić information content (AvgIpc) is 2.72. The highest BCUT2D eigenvalue weighted by molar-refractivity contribution is 5.90. The molecule has 0 spiro atoms. The predicted molar refractivity (Wildman–Crippen MR) is 106 cm³/mol. The first-order chi connectivity index (χ1) is 14.6. The molecule has 3 N–H and O–H groups in total. The Balaban J connectivity index is 1.66. The third kappa shape index (κ3) is 5.20. The van der Waals surface area contributed by atoms with Crippen LogP contribution in [-0.4, -0.2) is 45.8 Å². The maximum absolute atomic E-state index is 13.7. The molecule has 0 fully saturated rings. The molecule has 1 aliphatic heterocycles. The number of aromatic nitrogens is 1. The van der Waals surface area contributed by atoms with Crippen LogP contribution in [-0.2, 0) is 6.18 Å². The van der Waals surface area contributed by atoms with E-state index in [-0.39, 0.29) is 12.2 Å². The van der Waals surface area contributed by atoms with Crippen LogP contribution in [0.2, 0.25) is 0 Å². The van der Waals surface area contributed by atoms with Gasteiger partial charge in [-0.2, -0.15) is 13.2 Å². The fourth-order valence-corrected chi connectivity index (χ4v) is 3.31. The summed E-state index contributed by atoms with van der Waals surface area (Å²) < 4.78 is 51.6. The Bertz CT molecular complexity index is 1010. The molecule has 3 rings (SSSR count). The average molecular weight is 439 g/mol. The van der Waals surface area contributed by atoms with E-state index in [1.54, 1.807) is 6.07 Å². The Kier molecular flexibility index (Phi) is 6.61. The minimum Gasteiger partial charge on any atom is -0.393 e.